The molecule has 2 bridgehead atoms. The molecule has 1 saturated carbocycles. The van der Waals surface area contributed by atoms with Crippen LogP contribution in [0.4, 0.5) is 8.78 Å². The molecule has 3 aromatic carbocycles. The Balaban J connectivity index is 1.13. The van der Waals surface area contributed by atoms with Gasteiger partial charge in [0.25, 0.3) is 0 Å². The zero-order chi connectivity index (χ0) is 36.9. The second-order valence-corrected chi connectivity index (χ2v) is 14.8. The molecule has 12 heteroatoms. The van der Waals surface area contributed by atoms with Gasteiger partial charge in [-0.15, -0.1) is 0 Å². The average molecular weight is 766 g/mol. The number of carbonyl (C=O) groups is 2. The number of aromatic nitrogens is 1. The molecule has 4 aromatic rings. The minimum Gasteiger partial charge on any atom is -0.489 e. The van der Waals surface area contributed by atoms with E-state index in [-0.39, 0.29) is 45.6 Å². The van der Waals surface area contributed by atoms with Crippen LogP contribution in [0.5, 0.6) is 11.5 Å². The second-order valence-electron chi connectivity index (χ2n) is 14.0. The van der Waals surface area contributed by atoms with Crippen molar-refractivity contribution in [3.63, 3.8) is 0 Å². The van der Waals surface area contributed by atoms with Crippen molar-refractivity contribution in [1.29, 1.82) is 0 Å². The summed E-state index contributed by atoms with van der Waals surface area (Å²) in [5, 5.41) is 0.556. The van der Waals surface area contributed by atoms with Crippen LogP contribution in [0.3, 0.4) is 0 Å². The standard InChI is InChI=1S/C41H40Cl2F2N2O6/c42-33-21-46-22-34(43)32(33)20-36(29-11-12-35(53-41(44)45)37(19-29)50-24-25-9-10-25)51-39(48)30-8-4-5-26(17-30)18-31(27-6-2-1-3-7-27)40(49)52-38-23-47-15-13-28(38)14-16-47/h1-8,11-12,17,19,21-22,25,28,31,36,38,41H,9-10,13-16,18,20,23-24H2/t31?,36-,38-/m0/s1. The van der Waals surface area contributed by atoms with E-state index in [4.69, 9.17) is 42.1 Å². The van der Waals surface area contributed by atoms with Crippen molar-refractivity contribution in [3.05, 3.63) is 123 Å². The third-order valence-electron chi connectivity index (χ3n) is 10.3. The fourth-order valence-corrected chi connectivity index (χ4v) is 7.64. The highest BCUT2D eigenvalue weighted by Gasteiger charge is 2.38. The van der Waals surface area contributed by atoms with Gasteiger partial charge in [-0.1, -0.05) is 71.7 Å². The summed E-state index contributed by atoms with van der Waals surface area (Å²) in [6, 6.07) is 21.0. The molecular weight excluding hydrogens is 725 g/mol. The number of ether oxygens (including phenoxy) is 4. The first-order chi connectivity index (χ1) is 25.7. The van der Waals surface area contributed by atoms with E-state index in [1.165, 1.54) is 18.5 Å². The molecule has 1 unspecified atom stereocenters. The Bertz CT molecular complexity index is 1880. The molecule has 0 amide bonds. The van der Waals surface area contributed by atoms with E-state index >= 15 is 0 Å². The van der Waals surface area contributed by atoms with Crippen molar-refractivity contribution >= 4 is 35.1 Å². The van der Waals surface area contributed by atoms with Crippen molar-refractivity contribution in [2.24, 2.45) is 11.8 Å². The Labute approximate surface area is 317 Å². The lowest BCUT2D eigenvalue weighted by molar-refractivity contribution is -0.160. The van der Waals surface area contributed by atoms with Gasteiger partial charge in [0.2, 0.25) is 0 Å². The molecular formula is C41H40Cl2F2N2O6. The van der Waals surface area contributed by atoms with Gasteiger partial charge in [-0.3, -0.25) is 14.7 Å². The Hall–Kier alpha value is -4.25. The van der Waals surface area contributed by atoms with Crippen LogP contribution < -0.4 is 9.47 Å². The largest absolute Gasteiger partial charge is 0.489 e. The second kappa shape index (κ2) is 16.8. The Kier molecular flexibility index (Phi) is 11.8. The smallest absolute Gasteiger partial charge is 0.387 e. The molecule has 0 radical (unpaired) electrons. The minimum atomic E-state index is -3.05. The molecule has 8 rings (SSSR count). The zero-order valence-electron chi connectivity index (χ0n) is 29.0. The van der Waals surface area contributed by atoms with E-state index in [0.29, 0.717) is 36.0 Å². The summed E-state index contributed by atoms with van der Waals surface area (Å²) in [4.78, 5) is 34.1. The van der Waals surface area contributed by atoms with Crippen LogP contribution in [0.2, 0.25) is 10.0 Å². The maximum Gasteiger partial charge on any atom is 0.387 e. The normalized spacial score (nSPS) is 20.4. The molecule has 3 atom stereocenters. The Morgan fingerprint density at radius 3 is 2.28 bits per heavy atom. The maximum absolute atomic E-state index is 13.9. The lowest BCUT2D eigenvalue weighted by Gasteiger charge is -2.44. The van der Waals surface area contributed by atoms with Gasteiger partial charge in [0.1, 0.15) is 12.2 Å². The number of fused-ring (bicyclic) bond motifs is 3. The van der Waals surface area contributed by atoms with Crippen molar-refractivity contribution in [2.75, 3.05) is 26.2 Å². The quantitative estimate of drug-likeness (QED) is 0.111. The molecule has 3 saturated heterocycles. The number of esters is 2. The molecule has 3 aliphatic heterocycles. The van der Waals surface area contributed by atoms with E-state index in [1.807, 2.05) is 36.4 Å². The van der Waals surface area contributed by atoms with Crippen molar-refractivity contribution < 1.29 is 37.3 Å². The molecule has 0 N–H and O–H groups in total. The van der Waals surface area contributed by atoms with Gasteiger partial charge >= 0.3 is 18.6 Å². The number of nitrogens with zero attached hydrogens (tertiary/aromatic N) is 2. The van der Waals surface area contributed by atoms with E-state index in [0.717, 1.165) is 56.4 Å². The highest BCUT2D eigenvalue weighted by molar-refractivity contribution is 6.35. The number of rotatable bonds is 15. The number of pyridine rings is 1. The summed E-state index contributed by atoms with van der Waals surface area (Å²) in [6.45, 7) is 0.136. The van der Waals surface area contributed by atoms with Gasteiger partial charge in [0.15, 0.2) is 11.5 Å². The molecule has 1 aromatic heterocycles. The van der Waals surface area contributed by atoms with Crippen molar-refractivity contribution in [1.82, 2.24) is 9.88 Å². The van der Waals surface area contributed by atoms with E-state index < -0.39 is 24.6 Å². The summed E-state index contributed by atoms with van der Waals surface area (Å²) < 4.78 is 49.6. The van der Waals surface area contributed by atoms with Crippen LogP contribution in [-0.4, -0.2) is 60.8 Å². The zero-order valence-corrected chi connectivity index (χ0v) is 30.5. The van der Waals surface area contributed by atoms with Crippen LogP contribution in [0, 0.1) is 11.8 Å². The number of hydrogen-bond acceptors (Lipinski definition) is 8. The van der Waals surface area contributed by atoms with Crippen molar-refractivity contribution in [3.8, 4) is 11.5 Å². The van der Waals surface area contributed by atoms with Crippen LogP contribution in [-0.2, 0) is 27.1 Å². The SMILES string of the molecule is O=C(O[C@@H](Cc1c(Cl)cncc1Cl)c1ccc(OC(F)F)c(OCC2CC2)c1)c1cccc(CC(C(=O)O[C@H]2CN3CCC2CC3)c2ccccc2)c1. The topological polar surface area (TPSA) is 87.2 Å². The lowest BCUT2D eigenvalue weighted by Crippen LogP contribution is -2.52. The third kappa shape index (κ3) is 9.47. The molecule has 1 aliphatic carbocycles. The first-order valence-corrected chi connectivity index (χ1v) is 18.7. The van der Waals surface area contributed by atoms with Crippen LogP contribution >= 0.6 is 23.2 Å². The predicted molar refractivity (Wildman–Crippen MR) is 196 cm³/mol. The van der Waals surface area contributed by atoms with Gasteiger partial charge in [-0.25, -0.2) is 4.79 Å². The van der Waals surface area contributed by atoms with Gasteiger partial charge in [0, 0.05) is 25.4 Å². The number of carbonyl (C=O) groups excluding carboxylic acids is 2. The summed E-state index contributed by atoms with van der Waals surface area (Å²) in [7, 11) is 0. The van der Waals surface area contributed by atoms with Gasteiger partial charge < -0.3 is 18.9 Å². The fraction of sp³-hybridized carbons (Fsp3) is 0.390. The maximum atomic E-state index is 13.9. The van der Waals surface area contributed by atoms with Gasteiger partial charge in [0.05, 0.1) is 28.1 Å². The van der Waals surface area contributed by atoms with Crippen molar-refractivity contribution in [2.45, 2.75) is 63.3 Å². The first kappa shape index (κ1) is 37.1. The van der Waals surface area contributed by atoms with E-state index in [2.05, 4.69) is 9.88 Å². The van der Waals surface area contributed by atoms with Crippen LogP contribution in [0.25, 0.3) is 0 Å². The number of halogens is 4. The molecule has 4 fully saturated rings. The lowest BCUT2D eigenvalue weighted by atomic mass is 9.85. The predicted octanol–water partition coefficient (Wildman–Crippen LogP) is 8.88. The fourth-order valence-electron chi connectivity index (χ4n) is 7.13. The number of piperidine rings is 3. The average Bonchev–Trinajstić information content (AvgIpc) is 4.00. The molecule has 4 aliphatic rings. The highest BCUT2D eigenvalue weighted by Crippen LogP contribution is 2.38. The van der Waals surface area contributed by atoms with Gasteiger partial charge in [-0.2, -0.15) is 8.78 Å². The molecule has 0 spiro atoms. The monoisotopic (exact) mass is 764 g/mol. The first-order valence-electron chi connectivity index (χ1n) is 18.0. The molecule has 4 heterocycles. The Morgan fingerprint density at radius 1 is 0.849 bits per heavy atom. The van der Waals surface area contributed by atoms with Crippen LogP contribution in [0.1, 0.15) is 70.3 Å². The Morgan fingerprint density at radius 2 is 1.60 bits per heavy atom. The van der Waals surface area contributed by atoms with Crippen LogP contribution in [0.15, 0.2) is 85.2 Å². The summed E-state index contributed by atoms with van der Waals surface area (Å²) in [5.74, 6) is -0.798. The number of benzene rings is 3. The third-order valence-corrected chi connectivity index (χ3v) is 10.9. The summed E-state index contributed by atoms with van der Waals surface area (Å²) in [5.41, 5.74) is 2.80. The number of alkyl halides is 2. The minimum absolute atomic E-state index is 0.0598. The summed E-state index contributed by atoms with van der Waals surface area (Å²) in [6.07, 6.45) is 6.22. The summed E-state index contributed by atoms with van der Waals surface area (Å²) >= 11 is 13.0. The van der Waals surface area contributed by atoms with E-state index in [9.17, 15) is 18.4 Å². The molecule has 8 nitrogen and oxygen atoms in total. The van der Waals surface area contributed by atoms with Gasteiger partial charge in [-0.05, 0) is 104 Å². The van der Waals surface area contributed by atoms with E-state index in [1.54, 1.807) is 30.3 Å². The number of hydrogen-bond donors (Lipinski definition) is 0. The molecule has 278 valence electrons. The highest BCUT2D eigenvalue weighted by atomic mass is 35.5. The molecule has 53 heavy (non-hydrogen) atoms.